The predicted molar refractivity (Wildman–Crippen MR) is 120 cm³/mol. The van der Waals surface area contributed by atoms with Crippen LogP contribution in [0.5, 0.6) is 11.5 Å². The van der Waals surface area contributed by atoms with Gasteiger partial charge in [0.1, 0.15) is 23.9 Å². The molecule has 2 aromatic heterocycles. The number of anilines is 1. The van der Waals surface area contributed by atoms with Gasteiger partial charge in [-0.25, -0.2) is 9.37 Å². The fraction of sp³-hybridized carbons (Fsp3) is 0.174. The smallest absolute Gasteiger partial charge is 0.262 e. The van der Waals surface area contributed by atoms with Gasteiger partial charge in [-0.2, -0.15) is 0 Å². The molecule has 2 heterocycles. The van der Waals surface area contributed by atoms with Crippen LogP contribution in [0.2, 0.25) is 0 Å². The van der Waals surface area contributed by atoms with E-state index >= 15 is 0 Å². The zero-order chi connectivity index (χ0) is 22.7. The fourth-order valence-electron chi connectivity index (χ4n) is 2.99. The maximum absolute atomic E-state index is 12.9. The average molecular weight is 453 g/mol. The highest BCUT2D eigenvalue weighted by atomic mass is 32.1. The minimum absolute atomic E-state index is 0.120. The molecular formula is C23H20FN3O4S. The monoisotopic (exact) mass is 453 g/mol. The Kier molecular flexibility index (Phi) is 6.18. The molecule has 2 aromatic carbocycles. The number of carbonyl (C=O) groups excluding carboxylic acids is 1. The van der Waals surface area contributed by atoms with Gasteiger partial charge < -0.3 is 14.8 Å². The Morgan fingerprint density at radius 3 is 2.69 bits per heavy atom. The number of rotatable bonds is 7. The van der Waals surface area contributed by atoms with E-state index in [0.717, 1.165) is 10.4 Å². The highest BCUT2D eigenvalue weighted by Gasteiger charge is 2.09. The van der Waals surface area contributed by atoms with E-state index in [2.05, 4.69) is 10.3 Å². The molecular weight excluding hydrogens is 433 g/mol. The first kappa shape index (κ1) is 21.5. The summed E-state index contributed by atoms with van der Waals surface area (Å²) >= 11 is 1.44. The SMILES string of the molecule is Cc1cn2c(=O)cc(COc3cc(NC(=O)COc4ccc(F)cc4)ccc3C)nc2s1. The zero-order valence-corrected chi connectivity index (χ0v) is 18.2. The van der Waals surface area contributed by atoms with Crippen LogP contribution in [-0.2, 0) is 11.4 Å². The highest BCUT2D eigenvalue weighted by molar-refractivity contribution is 7.16. The van der Waals surface area contributed by atoms with Crippen LogP contribution >= 0.6 is 11.3 Å². The van der Waals surface area contributed by atoms with Crippen molar-refractivity contribution in [3.05, 3.63) is 87.0 Å². The van der Waals surface area contributed by atoms with Crippen molar-refractivity contribution in [2.75, 3.05) is 11.9 Å². The van der Waals surface area contributed by atoms with Gasteiger partial charge in [-0.05, 0) is 49.7 Å². The van der Waals surface area contributed by atoms with Crippen molar-refractivity contribution < 1.29 is 18.7 Å². The molecule has 0 atom stereocenters. The van der Waals surface area contributed by atoms with Crippen molar-refractivity contribution >= 4 is 27.9 Å². The molecule has 0 radical (unpaired) electrons. The lowest BCUT2D eigenvalue weighted by molar-refractivity contribution is -0.118. The summed E-state index contributed by atoms with van der Waals surface area (Å²) in [5.74, 6) is 0.222. The summed E-state index contributed by atoms with van der Waals surface area (Å²) in [7, 11) is 0. The Hall–Kier alpha value is -3.72. The second kappa shape index (κ2) is 9.19. The Balaban J connectivity index is 1.39. The molecule has 32 heavy (non-hydrogen) atoms. The lowest BCUT2D eigenvalue weighted by atomic mass is 10.2. The normalized spacial score (nSPS) is 10.8. The molecule has 0 saturated carbocycles. The number of nitrogens with zero attached hydrogens (tertiary/aromatic N) is 2. The lowest BCUT2D eigenvalue weighted by Crippen LogP contribution is -2.20. The van der Waals surface area contributed by atoms with E-state index in [0.29, 0.717) is 27.8 Å². The van der Waals surface area contributed by atoms with E-state index in [1.807, 2.05) is 19.9 Å². The van der Waals surface area contributed by atoms with Crippen LogP contribution in [0.4, 0.5) is 10.1 Å². The van der Waals surface area contributed by atoms with Gasteiger partial charge in [-0.3, -0.25) is 14.0 Å². The first-order chi connectivity index (χ1) is 15.4. The molecule has 0 spiro atoms. The van der Waals surface area contributed by atoms with E-state index in [4.69, 9.17) is 9.47 Å². The number of aromatic nitrogens is 2. The maximum Gasteiger partial charge on any atom is 0.262 e. The summed E-state index contributed by atoms with van der Waals surface area (Å²) in [4.78, 5) is 30.5. The number of hydrogen-bond acceptors (Lipinski definition) is 6. The Morgan fingerprint density at radius 2 is 1.91 bits per heavy atom. The second-order valence-electron chi connectivity index (χ2n) is 7.14. The molecule has 164 valence electrons. The Labute approximate surface area is 187 Å². The van der Waals surface area contributed by atoms with Crippen LogP contribution in [-0.4, -0.2) is 21.9 Å². The number of aryl methyl sites for hydroxylation is 2. The largest absolute Gasteiger partial charge is 0.487 e. The summed E-state index contributed by atoms with van der Waals surface area (Å²) in [6.45, 7) is 3.70. The molecule has 0 saturated heterocycles. The topological polar surface area (TPSA) is 81.9 Å². The number of carbonyl (C=O) groups is 1. The number of thiazole rings is 1. The maximum atomic E-state index is 12.9. The van der Waals surface area contributed by atoms with Gasteiger partial charge in [0.05, 0.1) is 5.69 Å². The summed E-state index contributed by atoms with van der Waals surface area (Å²) in [5.41, 5.74) is 1.78. The molecule has 4 rings (SSSR count). The zero-order valence-electron chi connectivity index (χ0n) is 17.4. The van der Waals surface area contributed by atoms with E-state index in [9.17, 15) is 14.0 Å². The van der Waals surface area contributed by atoms with Crippen molar-refractivity contribution in [3.8, 4) is 11.5 Å². The lowest BCUT2D eigenvalue weighted by Gasteiger charge is -2.12. The van der Waals surface area contributed by atoms with Crippen LogP contribution in [0, 0.1) is 19.7 Å². The molecule has 7 nitrogen and oxygen atoms in total. The molecule has 4 aromatic rings. The van der Waals surface area contributed by atoms with E-state index in [1.54, 1.807) is 18.3 Å². The third kappa shape index (κ3) is 5.12. The number of fused-ring (bicyclic) bond motifs is 1. The van der Waals surface area contributed by atoms with Crippen molar-refractivity contribution in [2.24, 2.45) is 0 Å². The quantitative estimate of drug-likeness (QED) is 0.456. The molecule has 0 fully saturated rings. The van der Waals surface area contributed by atoms with Gasteiger partial charge in [0.2, 0.25) is 0 Å². The Bertz CT molecular complexity index is 1330. The minimum atomic E-state index is -0.375. The molecule has 0 aliphatic carbocycles. The van der Waals surface area contributed by atoms with Gasteiger partial charge in [0, 0.05) is 28.9 Å². The van der Waals surface area contributed by atoms with E-state index in [-0.39, 0.29) is 30.5 Å². The summed E-state index contributed by atoms with van der Waals surface area (Å²) in [5, 5.41) is 2.74. The van der Waals surface area contributed by atoms with Crippen molar-refractivity contribution in [2.45, 2.75) is 20.5 Å². The molecule has 0 unspecified atom stereocenters. The average Bonchev–Trinajstić information content (AvgIpc) is 3.14. The van der Waals surface area contributed by atoms with Crippen LogP contribution in [0.15, 0.2) is 59.5 Å². The summed E-state index contributed by atoms with van der Waals surface area (Å²) < 4.78 is 25.7. The van der Waals surface area contributed by atoms with Crippen LogP contribution in [0.3, 0.4) is 0 Å². The molecule has 0 aliphatic rings. The van der Waals surface area contributed by atoms with Crippen LogP contribution < -0.4 is 20.3 Å². The van der Waals surface area contributed by atoms with Crippen LogP contribution in [0.25, 0.3) is 4.96 Å². The van der Waals surface area contributed by atoms with Gasteiger partial charge in [0.25, 0.3) is 11.5 Å². The van der Waals surface area contributed by atoms with E-state index in [1.165, 1.54) is 46.1 Å². The second-order valence-corrected chi connectivity index (χ2v) is 8.35. The number of nitrogens with one attached hydrogen (secondary N) is 1. The third-order valence-electron chi connectivity index (χ3n) is 4.57. The van der Waals surface area contributed by atoms with Gasteiger partial charge >= 0.3 is 0 Å². The van der Waals surface area contributed by atoms with Gasteiger partial charge in [-0.15, -0.1) is 11.3 Å². The summed E-state index contributed by atoms with van der Waals surface area (Å²) in [6.07, 6.45) is 1.76. The molecule has 0 aliphatic heterocycles. The molecule has 0 bridgehead atoms. The van der Waals surface area contributed by atoms with Gasteiger partial charge in [-0.1, -0.05) is 6.07 Å². The van der Waals surface area contributed by atoms with E-state index < -0.39 is 0 Å². The number of benzene rings is 2. The number of amides is 1. The van der Waals surface area contributed by atoms with Crippen LogP contribution in [0.1, 0.15) is 16.1 Å². The number of hydrogen-bond donors (Lipinski definition) is 1. The Morgan fingerprint density at radius 1 is 1.12 bits per heavy atom. The first-order valence-corrected chi connectivity index (χ1v) is 10.6. The molecule has 9 heteroatoms. The van der Waals surface area contributed by atoms with Crippen molar-refractivity contribution in [1.29, 1.82) is 0 Å². The third-order valence-corrected chi connectivity index (χ3v) is 5.46. The van der Waals surface area contributed by atoms with Crippen molar-refractivity contribution in [1.82, 2.24) is 9.38 Å². The fourth-order valence-corrected chi connectivity index (χ4v) is 3.84. The first-order valence-electron chi connectivity index (χ1n) is 9.78. The molecule has 1 N–H and O–H groups in total. The highest BCUT2D eigenvalue weighted by Crippen LogP contribution is 2.24. The molecule has 1 amide bonds. The summed E-state index contributed by atoms with van der Waals surface area (Å²) in [6, 6.07) is 12.2. The standard InChI is InChI=1S/C23H20FN3O4S/c1-14-3-6-17(25-21(28)13-30-19-7-4-16(24)5-8-19)9-20(14)31-12-18-10-22(29)27-11-15(2)32-23(27)26-18/h3-11H,12-13H2,1-2H3,(H,25,28). The number of ether oxygens (including phenoxy) is 2. The predicted octanol–water partition coefficient (Wildman–Crippen LogP) is 4.11. The minimum Gasteiger partial charge on any atom is -0.487 e. The number of halogens is 1. The van der Waals surface area contributed by atoms with Gasteiger partial charge in [0.15, 0.2) is 11.6 Å². The van der Waals surface area contributed by atoms with Crippen molar-refractivity contribution in [3.63, 3.8) is 0 Å².